The summed E-state index contributed by atoms with van der Waals surface area (Å²) >= 11 is 0. The minimum absolute atomic E-state index is 0.290. The van der Waals surface area contributed by atoms with Crippen LogP contribution in [0.3, 0.4) is 0 Å². The second kappa shape index (κ2) is 11.4. The summed E-state index contributed by atoms with van der Waals surface area (Å²) in [6.07, 6.45) is 5.06. The standard InChI is InChI=1S/C23H39N5O/c1-4-12-27-15-11-19(18-27)16-25-23(24-2)26-17-21(28-13-7-8-14-28)20-9-5-6-10-22(20)29-3/h5-6,9-10,19,21H,4,7-8,11-18H2,1-3H3,(H2,24,25,26). The van der Waals surface area contributed by atoms with E-state index in [1.165, 1.54) is 50.9 Å². The molecule has 29 heavy (non-hydrogen) atoms. The van der Waals surface area contributed by atoms with Gasteiger partial charge in [0.05, 0.1) is 13.2 Å². The van der Waals surface area contributed by atoms with E-state index in [0.29, 0.717) is 12.0 Å². The van der Waals surface area contributed by atoms with Crippen molar-refractivity contribution in [1.82, 2.24) is 20.4 Å². The van der Waals surface area contributed by atoms with Crippen molar-refractivity contribution in [2.24, 2.45) is 10.9 Å². The highest BCUT2D eigenvalue weighted by Gasteiger charge is 2.26. The van der Waals surface area contributed by atoms with Crippen molar-refractivity contribution in [3.8, 4) is 5.75 Å². The first kappa shape index (κ1) is 21.9. The Morgan fingerprint density at radius 3 is 2.72 bits per heavy atom. The lowest BCUT2D eigenvalue weighted by Gasteiger charge is -2.30. The van der Waals surface area contributed by atoms with Crippen LogP contribution in [0.2, 0.25) is 0 Å². The van der Waals surface area contributed by atoms with Crippen LogP contribution >= 0.6 is 0 Å². The van der Waals surface area contributed by atoms with Gasteiger partial charge in [-0.25, -0.2) is 0 Å². The van der Waals surface area contributed by atoms with Gasteiger partial charge >= 0.3 is 0 Å². The molecule has 2 heterocycles. The summed E-state index contributed by atoms with van der Waals surface area (Å²) in [6.45, 7) is 10.0. The van der Waals surface area contributed by atoms with Crippen LogP contribution in [0.4, 0.5) is 0 Å². The van der Waals surface area contributed by atoms with E-state index in [1.54, 1.807) is 7.11 Å². The van der Waals surface area contributed by atoms with Crippen LogP contribution in [-0.2, 0) is 0 Å². The summed E-state index contributed by atoms with van der Waals surface area (Å²) in [5, 5.41) is 7.15. The molecule has 2 saturated heterocycles. The normalized spacial score (nSPS) is 22.0. The zero-order valence-electron chi connectivity index (χ0n) is 18.5. The van der Waals surface area contributed by atoms with Crippen molar-refractivity contribution in [3.05, 3.63) is 29.8 Å². The Kier molecular flexibility index (Phi) is 8.62. The Morgan fingerprint density at radius 1 is 1.21 bits per heavy atom. The van der Waals surface area contributed by atoms with Gasteiger partial charge in [0.1, 0.15) is 5.75 Å². The average Bonchev–Trinajstić information content (AvgIpc) is 3.43. The highest BCUT2D eigenvalue weighted by molar-refractivity contribution is 5.79. The molecule has 0 saturated carbocycles. The highest BCUT2D eigenvalue weighted by atomic mass is 16.5. The van der Waals surface area contributed by atoms with Crippen molar-refractivity contribution in [2.45, 2.75) is 38.6 Å². The number of nitrogens with zero attached hydrogens (tertiary/aromatic N) is 3. The fourth-order valence-electron chi connectivity index (χ4n) is 4.68. The third-order valence-corrected chi connectivity index (χ3v) is 6.23. The lowest BCUT2D eigenvalue weighted by molar-refractivity contribution is 0.239. The quantitative estimate of drug-likeness (QED) is 0.492. The molecule has 0 amide bonds. The Morgan fingerprint density at radius 2 is 2.00 bits per heavy atom. The topological polar surface area (TPSA) is 52.1 Å². The van der Waals surface area contributed by atoms with Gasteiger partial charge < -0.3 is 20.3 Å². The first-order chi connectivity index (χ1) is 14.2. The SMILES string of the molecule is CCCN1CCC(CNC(=NC)NCC(c2ccccc2OC)N2CCCC2)C1. The van der Waals surface area contributed by atoms with Crippen LogP contribution in [0, 0.1) is 5.92 Å². The van der Waals surface area contributed by atoms with E-state index in [0.717, 1.165) is 37.9 Å². The van der Waals surface area contributed by atoms with Crippen molar-refractivity contribution >= 4 is 5.96 Å². The molecular weight excluding hydrogens is 362 g/mol. The number of nitrogens with one attached hydrogen (secondary N) is 2. The van der Waals surface area contributed by atoms with Crippen molar-refractivity contribution in [3.63, 3.8) is 0 Å². The van der Waals surface area contributed by atoms with Gasteiger partial charge in [0.15, 0.2) is 5.96 Å². The number of likely N-dealkylation sites (tertiary alicyclic amines) is 2. The molecule has 162 valence electrons. The molecule has 0 bridgehead atoms. The monoisotopic (exact) mass is 401 g/mol. The molecule has 6 nitrogen and oxygen atoms in total. The molecular formula is C23H39N5O. The van der Waals surface area contributed by atoms with Crippen LogP contribution in [0.5, 0.6) is 5.75 Å². The molecule has 2 aliphatic heterocycles. The summed E-state index contributed by atoms with van der Waals surface area (Å²) in [4.78, 5) is 9.61. The fourth-order valence-corrected chi connectivity index (χ4v) is 4.68. The van der Waals surface area contributed by atoms with Gasteiger partial charge in [0, 0.05) is 32.2 Å². The third-order valence-electron chi connectivity index (χ3n) is 6.23. The Balaban J connectivity index is 1.56. The molecule has 2 aliphatic rings. The second-order valence-electron chi connectivity index (χ2n) is 8.29. The summed E-state index contributed by atoms with van der Waals surface area (Å²) in [5.41, 5.74) is 1.26. The maximum Gasteiger partial charge on any atom is 0.191 e. The van der Waals surface area contributed by atoms with Crippen molar-refractivity contribution in [1.29, 1.82) is 0 Å². The minimum atomic E-state index is 0.290. The molecule has 6 heteroatoms. The number of methoxy groups -OCH3 is 1. The Hall–Kier alpha value is -1.79. The van der Waals surface area contributed by atoms with E-state index in [-0.39, 0.29) is 0 Å². The number of rotatable bonds is 9. The maximum absolute atomic E-state index is 5.66. The van der Waals surface area contributed by atoms with E-state index in [9.17, 15) is 0 Å². The van der Waals surface area contributed by atoms with Crippen LogP contribution in [0.25, 0.3) is 0 Å². The molecule has 0 spiro atoms. The largest absolute Gasteiger partial charge is 0.496 e. The molecule has 0 radical (unpaired) electrons. The predicted octanol–water partition coefficient (Wildman–Crippen LogP) is 2.73. The Labute approximate surface area is 176 Å². The number of hydrogen-bond donors (Lipinski definition) is 2. The van der Waals surface area contributed by atoms with Crippen LogP contribution < -0.4 is 15.4 Å². The molecule has 3 rings (SSSR count). The fraction of sp³-hybridized carbons (Fsp3) is 0.696. The van der Waals surface area contributed by atoms with E-state index >= 15 is 0 Å². The molecule has 0 aliphatic carbocycles. The van der Waals surface area contributed by atoms with Crippen molar-refractivity contribution < 1.29 is 4.74 Å². The molecule has 2 N–H and O–H groups in total. The molecule has 2 atom stereocenters. The van der Waals surface area contributed by atoms with Gasteiger partial charge in [-0.1, -0.05) is 25.1 Å². The molecule has 0 aromatic heterocycles. The van der Waals surface area contributed by atoms with Crippen LogP contribution in [-0.4, -0.2) is 75.7 Å². The highest BCUT2D eigenvalue weighted by Crippen LogP contribution is 2.31. The summed E-state index contributed by atoms with van der Waals surface area (Å²) in [6, 6.07) is 8.70. The van der Waals surface area contributed by atoms with E-state index < -0.39 is 0 Å². The average molecular weight is 402 g/mol. The van der Waals surface area contributed by atoms with Gasteiger partial charge in [-0.15, -0.1) is 0 Å². The zero-order valence-corrected chi connectivity index (χ0v) is 18.5. The van der Waals surface area contributed by atoms with Gasteiger partial charge in [-0.3, -0.25) is 9.89 Å². The van der Waals surface area contributed by atoms with E-state index in [1.807, 2.05) is 13.1 Å². The van der Waals surface area contributed by atoms with Gasteiger partial charge in [-0.2, -0.15) is 0 Å². The number of guanidine groups is 1. The van der Waals surface area contributed by atoms with Gasteiger partial charge in [-0.05, 0) is 63.8 Å². The van der Waals surface area contributed by atoms with E-state index in [4.69, 9.17) is 4.74 Å². The number of benzene rings is 1. The molecule has 1 aromatic rings. The summed E-state index contributed by atoms with van der Waals surface area (Å²) in [7, 11) is 3.62. The number of ether oxygens (including phenoxy) is 1. The lowest BCUT2D eigenvalue weighted by Crippen LogP contribution is -2.44. The first-order valence-corrected chi connectivity index (χ1v) is 11.3. The minimum Gasteiger partial charge on any atom is -0.496 e. The predicted molar refractivity (Wildman–Crippen MR) is 121 cm³/mol. The smallest absolute Gasteiger partial charge is 0.191 e. The lowest BCUT2D eigenvalue weighted by atomic mass is 10.0. The maximum atomic E-state index is 5.66. The van der Waals surface area contributed by atoms with Gasteiger partial charge in [0.2, 0.25) is 0 Å². The number of hydrogen-bond acceptors (Lipinski definition) is 4. The van der Waals surface area contributed by atoms with Crippen LogP contribution in [0.1, 0.15) is 44.2 Å². The van der Waals surface area contributed by atoms with E-state index in [2.05, 4.69) is 50.5 Å². The van der Waals surface area contributed by atoms with Crippen molar-refractivity contribution in [2.75, 3.05) is 60.0 Å². The number of para-hydroxylation sites is 1. The Bertz CT molecular complexity index is 644. The summed E-state index contributed by atoms with van der Waals surface area (Å²) in [5.74, 6) is 2.58. The molecule has 1 aromatic carbocycles. The summed E-state index contributed by atoms with van der Waals surface area (Å²) < 4.78 is 5.66. The first-order valence-electron chi connectivity index (χ1n) is 11.3. The second-order valence-corrected chi connectivity index (χ2v) is 8.29. The van der Waals surface area contributed by atoms with Crippen LogP contribution in [0.15, 0.2) is 29.3 Å². The molecule has 2 unspecified atom stereocenters. The number of aliphatic imine (C=N–C) groups is 1. The van der Waals surface area contributed by atoms with Gasteiger partial charge in [0.25, 0.3) is 0 Å². The third kappa shape index (κ3) is 6.09. The molecule has 2 fully saturated rings. The zero-order chi connectivity index (χ0) is 20.5.